The lowest BCUT2D eigenvalue weighted by atomic mass is 10.1. The Bertz CT molecular complexity index is 617. The molecule has 0 unspecified atom stereocenters. The standard InChI is InChI=1S/C14H11ClF2N2O/c15-10-3-1-9(2-4-10)5-7-19-14(20)11-6-8-18-13(17)12(11)16/h1-4,6,8H,5,7H2,(H,19,20). The van der Waals surface area contributed by atoms with E-state index < -0.39 is 17.7 Å². The number of hydrogen-bond donors (Lipinski definition) is 1. The number of aromatic nitrogens is 1. The summed E-state index contributed by atoms with van der Waals surface area (Å²) in [5.41, 5.74) is 0.629. The molecule has 2 rings (SSSR count). The van der Waals surface area contributed by atoms with Crippen molar-refractivity contribution in [3.63, 3.8) is 0 Å². The molecule has 1 aromatic carbocycles. The number of hydrogen-bond acceptors (Lipinski definition) is 2. The van der Waals surface area contributed by atoms with Crippen molar-refractivity contribution in [1.82, 2.24) is 10.3 Å². The van der Waals surface area contributed by atoms with E-state index in [0.29, 0.717) is 18.0 Å². The quantitative estimate of drug-likeness (QED) is 0.881. The molecule has 0 aliphatic rings. The van der Waals surface area contributed by atoms with Crippen LogP contribution < -0.4 is 5.32 Å². The average Bonchev–Trinajstić information content (AvgIpc) is 2.44. The summed E-state index contributed by atoms with van der Waals surface area (Å²) in [6.07, 6.45) is 1.62. The van der Waals surface area contributed by atoms with Crippen LogP contribution in [0.4, 0.5) is 8.78 Å². The summed E-state index contributed by atoms with van der Waals surface area (Å²) < 4.78 is 26.2. The van der Waals surface area contributed by atoms with Crippen molar-refractivity contribution in [3.8, 4) is 0 Å². The predicted octanol–water partition coefficient (Wildman–Crippen LogP) is 2.99. The van der Waals surface area contributed by atoms with Gasteiger partial charge in [-0.05, 0) is 30.2 Å². The number of rotatable bonds is 4. The van der Waals surface area contributed by atoms with Gasteiger partial charge in [0.25, 0.3) is 5.91 Å². The number of pyridine rings is 1. The maximum atomic E-state index is 13.3. The summed E-state index contributed by atoms with van der Waals surface area (Å²) in [6.45, 7) is 0.309. The Labute approximate surface area is 119 Å². The van der Waals surface area contributed by atoms with Crippen LogP contribution in [0.2, 0.25) is 5.02 Å². The fourth-order valence-corrected chi connectivity index (χ4v) is 1.79. The van der Waals surface area contributed by atoms with Crippen molar-refractivity contribution < 1.29 is 13.6 Å². The molecule has 1 heterocycles. The van der Waals surface area contributed by atoms with Gasteiger partial charge in [-0.15, -0.1) is 0 Å². The molecule has 1 amide bonds. The molecule has 20 heavy (non-hydrogen) atoms. The first-order valence-electron chi connectivity index (χ1n) is 5.90. The number of amides is 1. The summed E-state index contributed by atoms with van der Waals surface area (Å²) in [4.78, 5) is 14.8. The van der Waals surface area contributed by atoms with Crippen LogP contribution in [0.1, 0.15) is 15.9 Å². The van der Waals surface area contributed by atoms with Crippen LogP contribution in [0.15, 0.2) is 36.5 Å². The third kappa shape index (κ3) is 3.51. The van der Waals surface area contributed by atoms with Gasteiger partial charge in [-0.2, -0.15) is 4.39 Å². The molecule has 2 aromatic rings. The highest BCUT2D eigenvalue weighted by Crippen LogP contribution is 2.10. The van der Waals surface area contributed by atoms with Crippen LogP contribution >= 0.6 is 11.6 Å². The van der Waals surface area contributed by atoms with E-state index in [1.165, 1.54) is 0 Å². The zero-order chi connectivity index (χ0) is 14.5. The number of nitrogens with one attached hydrogen (secondary N) is 1. The number of benzene rings is 1. The highest BCUT2D eigenvalue weighted by Gasteiger charge is 2.15. The summed E-state index contributed by atoms with van der Waals surface area (Å²) in [5, 5.41) is 3.16. The normalized spacial score (nSPS) is 10.3. The molecule has 0 radical (unpaired) electrons. The minimum Gasteiger partial charge on any atom is -0.352 e. The molecule has 6 heteroatoms. The van der Waals surface area contributed by atoms with E-state index in [1.807, 2.05) is 12.1 Å². The van der Waals surface area contributed by atoms with Gasteiger partial charge < -0.3 is 5.32 Å². The molecule has 104 valence electrons. The van der Waals surface area contributed by atoms with Gasteiger partial charge in [-0.25, -0.2) is 9.37 Å². The molecule has 0 bridgehead atoms. The number of halogens is 3. The summed E-state index contributed by atoms with van der Waals surface area (Å²) >= 11 is 5.76. The van der Waals surface area contributed by atoms with Gasteiger partial charge in [0.15, 0.2) is 5.82 Å². The lowest BCUT2D eigenvalue weighted by molar-refractivity contribution is 0.0948. The maximum absolute atomic E-state index is 13.3. The van der Waals surface area contributed by atoms with Crippen molar-refractivity contribution in [1.29, 1.82) is 0 Å². The molecule has 1 aromatic heterocycles. The third-order valence-electron chi connectivity index (χ3n) is 2.70. The van der Waals surface area contributed by atoms with Crippen molar-refractivity contribution >= 4 is 17.5 Å². The van der Waals surface area contributed by atoms with E-state index in [4.69, 9.17) is 11.6 Å². The molecule has 3 nitrogen and oxygen atoms in total. The van der Waals surface area contributed by atoms with E-state index in [1.54, 1.807) is 12.1 Å². The molecule has 0 aliphatic heterocycles. The van der Waals surface area contributed by atoms with Crippen LogP contribution in [0.25, 0.3) is 0 Å². The minimum absolute atomic E-state index is 0.309. The highest BCUT2D eigenvalue weighted by atomic mass is 35.5. The van der Waals surface area contributed by atoms with E-state index >= 15 is 0 Å². The lowest BCUT2D eigenvalue weighted by Gasteiger charge is -2.06. The first kappa shape index (κ1) is 14.4. The number of nitrogens with zero attached hydrogens (tertiary/aromatic N) is 1. The van der Waals surface area contributed by atoms with Crippen LogP contribution in [0.3, 0.4) is 0 Å². The number of carbonyl (C=O) groups excluding carboxylic acids is 1. The summed E-state index contributed by atoms with van der Waals surface area (Å²) in [6, 6.07) is 8.30. The minimum atomic E-state index is -1.28. The zero-order valence-corrected chi connectivity index (χ0v) is 11.1. The lowest BCUT2D eigenvalue weighted by Crippen LogP contribution is -2.27. The third-order valence-corrected chi connectivity index (χ3v) is 2.96. The Morgan fingerprint density at radius 2 is 1.90 bits per heavy atom. The molecular weight excluding hydrogens is 286 g/mol. The van der Waals surface area contributed by atoms with Gasteiger partial charge >= 0.3 is 0 Å². The maximum Gasteiger partial charge on any atom is 0.254 e. The molecule has 1 N–H and O–H groups in total. The molecular formula is C14H11ClF2N2O. The number of carbonyl (C=O) groups is 1. The largest absolute Gasteiger partial charge is 0.352 e. The van der Waals surface area contributed by atoms with E-state index in [0.717, 1.165) is 17.8 Å². The summed E-state index contributed by atoms with van der Waals surface area (Å²) in [7, 11) is 0. The van der Waals surface area contributed by atoms with Crippen LogP contribution in [0.5, 0.6) is 0 Å². The average molecular weight is 297 g/mol. The Balaban J connectivity index is 1.92. The van der Waals surface area contributed by atoms with Gasteiger partial charge in [0, 0.05) is 17.8 Å². The Morgan fingerprint density at radius 1 is 1.20 bits per heavy atom. The zero-order valence-electron chi connectivity index (χ0n) is 10.4. The van der Waals surface area contributed by atoms with Crippen molar-refractivity contribution in [3.05, 3.63) is 64.4 Å². The summed E-state index contributed by atoms with van der Waals surface area (Å²) in [5.74, 6) is -3.19. The van der Waals surface area contributed by atoms with Crippen LogP contribution in [-0.4, -0.2) is 17.4 Å². The molecule has 0 spiro atoms. The highest BCUT2D eigenvalue weighted by molar-refractivity contribution is 6.30. The molecule has 0 atom stereocenters. The SMILES string of the molecule is O=C(NCCc1ccc(Cl)cc1)c1ccnc(F)c1F. The van der Waals surface area contributed by atoms with Gasteiger partial charge in [0.2, 0.25) is 5.95 Å². The van der Waals surface area contributed by atoms with Gasteiger partial charge in [0.1, 0.15) is 0 Å². The van der Waals surface area contributed by atoms with E-state index in [9.17, 15) is 13.6 Å². The fourth-order valence-electron chi connectivity index (χ4n) is 1.66. The molecule has 0 aliphatic carbocycles. The predicted molar refractivity (Wildman–Crippen MR) is 71.6 cm³/mol. The second kappa shape index (κ2) is 6.43. The Hall–Kier alpha value is -2.01. The first-order chi connectivity index (χ1) is 9.58. The molecule has 0 saturated carbocycles. The van der Waals surface area contributed by atoms with Gasteiger partial charge in [-0.3, -0.25) is 4.79 Å². The van der Waals surface area contributed by atoms with E-state index in [2.05, 4.69) is 10.3 Å². The smallest absolute Gasteiger partial charge is 0.254 e. The van der Waals surface area contributed by atoms with Crippen molar-refractivity contribution in [2.24, 2.45) is 0 Å². The van der Waals surface area contributed by atoms with Crippen LogP contribution in [-0.2, 0) is 6.42 Å². The topological polar surface area (TPSA) is 42.0 Å². The van der Waals surface area contributed by atoms with Crippen molar-refractivity contribution in [2.45, 2.75) is 6.42 Å². The van der Waals surface area contributed by atoms with Gasteiger partial charge in [0.05, 0.1) is 5.56 Å². The monoisotopic (exact) mass is 296 g/mol. The van der Waals surface area contributed by atoms with Crippen molar-refractivity contribution in [2.75, 3.05) is 6.54 Å². The molecule has 0 saturated heterocycles. The van der Waals surface area contributed by atoms with Crippen LogP contribution in [0, 0.1) is 11.8 Å². The first-order valence-corrected chi connectivity index (χ1v) is 6.28. The fraction of sp³-hybridized carbons (Fsp3) is 0.143. The van der Waals surface area contributed by atoms with Gasteiger partial charge in [-0.1, -0.05) is 23.7 Å². The second-order valence-electron chi connectivity index (χ2n) is 4.10. The molecule has 0 fully saturated rings. The Kier molecular flexibility index (Phi) is 4.63. The van der Waals surface area contributed by atoms with E-state index in [-0.39, 0.29) is 5.56 Å². The second-order valence-corrected chi connectivity index (χ2v) is 4.53. The Morgan fingerprint density at radius 3 is 2.60 bits per heavy atom.